The molecule has 3 aliphatic heterocycles. The van der Waals surface area contributed by atoms with Gasteiger partial charge in [-0.05, 0) is 37.8 Å². The molecule has 3 heterocycles. The molecule has 1 unspecified atom stereocenters. The van der Waals surface area contributed by atoms with Crippen molar-refractivity contribution >= 4 is 11.6 Å². The second kappa shape index (κ2) is 7.34. The minimum atomic E-state index is -0.216. The number of piperidine rings is 1. The van der Waals surface area contributed by atoms with Crippen molar-refractivity contribution in [2.75, 3.05) is 50.9 Å². The van der Waals surface area contributed by atoms with Crippen molar-refractivity contribution in [1.82, 2.24) is 4.90 Å². The monoisotopic (exact) mass is 344 g/mol. The van der Waals surface area contributed by atoms with Crippen molar-refractivity contribution in [3.05, 3.63) is 30.3 Å². The molecular formula is C20H28N2O3. The number of anilines is 1. The summed E-state index contributed by atoms with van der Waals surface area (Å²) in [7, 11) is 0. The van der Waals surface area contributed by atoms with Crippen molar-refractivity contribution in [2.45, 2.75) is 31.8 Å². The lowest BCUT2D eigenvalue weighted by molar-refractivity contribution is -0.145. The molecule has 0 saturated carbocycles. The fraction of sp³-hybridized carbons (Fsp3) is 0.650. The summed E-state index contributed by atoms with van der Waals surface area (Å²) in [6.07, 6.45) is 3.82. The van der Waals surface area contributed by atoms with Crippen LogP contribution in [0.3, 0.4) is 0 Å². The highest BCUT2D eigenvalue weighted by Gasteiger charge is 2.42. The molecule has 3 saturated heterocycles. The van der Waals surface area contributed by atoms with E-state index in [0.29, 0.717) is 0 Å². The van der Waals surface area contributed by atoms with Gasteiger partial charge in [0.05, 0.1) is 13.2 Å². The predicted octanol–water partition coefficient (Wildman–Crippen LogP) is 2.31. The molecule has 4 rings (SSSR count). The van der Waals surface area contributed by atoms with Gasteiger partial charge in [-0.3, -0.25) is 4.79 Å². The molecule has 1 amide bonds. The highest BCUT2D eigenvalue weighted by atomic mass is 16.5. The van der Waals surface area contributed by atoms with Gasteiger partial charge < -0.3 is 19.3 Å². The van der Waals surface area contributed by atoms with E-state index in [0.717, 1.165) is 71.7 Å². The Balaban J connectivity index is 1.49. The number of nitrogens with zero attached hydrogens (tertiary/aromatic N) is 2. The molecule has 5 heteroatoms. The summed E-state index contributed by atoms with van der Waals surface area (Å²) in [5.41, 5.74) is 1.27. The second-order valence-corrected chi connectivity index (χ2v) is 7.67. The van der Waals surface area contributed by atoms with Crippen LogP contribution in [0.5, 0.6) is 0 Å². The molecule has 3 aliphatic rings. The molecule has 5 nitrogen and oxygen atoms in total. The van der Waals surface area contributed by atoms with Gasteiger partial charge in [-0.25, -0.2) is 0 Å². The first kappa shape index (κ1) is 16.9. The lowest BCUT2D eigenvalue weighted by Crippen LogP contribution is -2.54. The van der Waals surface area contributed by atoms with Gasteiger partial charge in [0.25, 0.3) is 5.91 Å². The van der Waals surface area contributed by atoms with E-state index < -0.39 is 0 Å². The van der Waals surface area contributed by atoms with Crippen molar-refractivity contribution in [3.63, 3.8) is 0 Å². The van der Waals surface area contributed by atoms with Crippen molar-refractivity contribution in [3.8, 4) is 0 Å². The van der Waals surface area contributed by atoms with E-state index in [4.69, 9.17) is 9.47 Å². The quantitative estimate of drug-likeness (QED) is 0.826. The lowest BCUT2D eigenvalue weighted by Gasteiger charge is -2.44. The van der Waals surface area contributed by atoms with Crippen molar-refractivity contribution < 1.29 is 14.3 Å². The highest BCUT2D eigenvalue weighted by molar-refractivity contribution is 5.81. The third-order valence-electron chi connectivity index (χ3n) is 5.74. The number of hydrogen-bond acceptors (Lipinski definition) is 4. The Labute approximate surface area is 149 Å². The summed E-state index contributed by atoms with van der Waals surface area (Å²) in [4.78, 5) is 17.3. The third-order valence-corrected chi connectivity index (χ3v) is 5.74. The van der Waals surface area contributed by atoms with Crippen LogP contribution < -0.4 is 4.90 Å². The first-order valence-electron chi connectivity index (χ1n) is 9.54. The fourth-order valence-corrected chi connectivity index (χ4v) is 4.47. The van der Waals surface area contributed by atoms with Crippen LogP contribution in [0.15, 0.2) is 30.3 Å². The van der Waals surface area contributed by atoms with E-state index in [2.05, 4.69) is 35.2 Å². The standard InChI is InChI=1S/C20H28N2O3/c23-19(18-8-4-12-25-18)22-10-5-9-20(15-22)14-21(11-13-24-16-20)17-6-2-1-3-7-17/h1-3,6-7,18H,4-5,8-16H2/t18-,20?/m1/s1. The molecule has 2 atom stereocenters. The van der Waals surface area contributed by atoms with Crippen molar-refractivity contribution in [1.29, 1.82) is 0 Å². The zero-order chi connectivity index (χ0) is 17.1. The van der Waals surface area contributed by atoms with Crippen molar-refractivity contribution in [2.24, 2.45) is 5.41 Å². The number of rotatable bonds is 2. The van der Waals surface area contributed by atoms with Gasteiger partial charge in [0.2, 0.25) is 0 Å². The normalized spacial score (nSPS) is 30.5. The Morgan fingerprint density at radius 3 is 2.76 bits per heavy atom. The second-order valence-electron chi connectivity index (χ2n) is 7.67. The van der Waals surface area contributed by atoms with Gasteiger partial charge in [-0.1, -0.05) is 18.2 Å². The zero-order valence-electron chi connectivity index (χ0n) is 14.9. The van der Waals surface area contributed by atoms with Crippen LogP contribution in [0.4, 0.5) is 5.69 Å². The molecule has 0 N–H and O–H groups in total. The maximum absolute atomic E-state index is 12.8. The molecule has 1 aromatic rings. The molecule has 0 radical (unpaired) electrons. The van der Waals surface area contributed by atoms with Crippen LogP contribution in [0.1, 0.15) is 25.7 Å². The van der Waals surface area contributed by atoms with E-state index in [1.54, 1.807) is 0 Å². The first-order valence-corrected chi connectivity index (χ1v) is 9.54. The average Bonchev–Trinajstić information content (AvgIpc) is 3.12. The number of para-hydroxylation sites is 1. The Morgan fingerprint density at radius 2 is 1.96 bits per heavy atom. The first-order chi connectivity index (χ1) is 12.3. The molecular weight excluding hydrogens is 316 g/mol. The predicted molar refractivity (Wildman–Crippen MR) is 96.7 cm³/mol. The Bertz CT molecular complexity index is 588. The van der Waals surface area contributed by atoms with Gasteiger partial charge in [0.1, 0.15) is 6.10 Å². The minimum absolute atomic E-state index is 0.0266. The summed E-state index contributed by atoms with van der Waals surface area (Å²) in [5, 5.41) is 0. The van der Waals surface area contributed by atoms with Gasteiger partial charge in [-0.2, -0.15) is 0 Å². The van der Waals surface area contributed by atoms with Gasteiger partial charge in [-0.15, -0.1) is 0 Å². The Hall–Kier alpha value is -1.59. The molecule has 1 aromatic carbocycles. The third kappa shape index (κ3) is 3.67. The SMILES string of the molecule is O=C([C@H]1CCCO1)N1CCCC2(COCCN(c3ccccc3)C2)C1. The zero-order valence-corrected chi connectivity index (χ0v) is 14.9. The van der Waals surface area contributed by atoms with E-state index in [1.807, 2.05) is 4.90 Å². The van der Waals surface area contributed by atoms with Crippen LogP contribution in [0, 0.1) is 5.41 Å². The number of benzene rings is 1. The number of carbonyl (C=O) groups excluding carboxylic acids is 1. The molecule has 25 heavy (non-hydrogen) atoms. The average molecular weight is 344 g/mol. The number of likely N-dealkylation sites (tertiary alicyclic amines) is 1. The highest BCUT2D eigenvalue weighted by Crippen LogP contribution is 2.35. The van der Waals surface area contributed by atoms with Crippen LogP contribution in [-0.4, -0.2) is 62.9 Å². The summed E-state index contributed by atoms with van der Waals surface area (Å²) >= 11 is 0. The number of hydrogen-bond donors (Lipinski definition) is 0. The van der Waals surface area contributed by atoms with Crippen LogP contribution >= 0.6 is 0 Å². The smallest absolute Gasteiger partial charge is 0.251 e. The number of ether oxygens (including phenoxy) is 2. The van der Waals surface area contributed by atoms with E-state index in [9.17, 15) is 4.79 Å². The molecule has 0 bridgehead atoms. The molecule has 0 aliphatic carbocycles. The summed E-state index contributed by atoms with van der Waals surface area (Å²) in [6.45, 7) is 5.71. The van der Waals surface area contributed by atoms with Gasteiger partial charge in [0, 0.05) is 43.9 Å². The van der Waals surface area contributed by atoms with Gasteiger partial charge >= 0.3 is 0 Å². The Kier molecular flexibility index (Phi) is 4.95. The summed E-state index contributed by atoms with van der Waals surface area (Å²) in [5.74, 6) is 0.187. The maximum Gasteiger partial charge on any atom is 0.251 e. The molecule has 1 spiro atoms. The maximum atomic E-state index is 12.8. The lowest BCUT2D eigenvalue weighted by atomic mass is 9.79. The summed E-state index contributed by atoms with van der Waals surface area (Å²) < 4.78 is 11.6. The summed E-state index contributed by atoms with van der Waals surface area (Å²) in [6, 6.07) is 10.5. The number of carbonyl (C=O) groups is 1. The topological polar surface area (TPSA) is 42.0 Å². The minimum Gasteiger partial charge on any atom is -0.379 e. The van der Waals surface area contributed by atoms with Crippen LogP contribution in [-0.2, 0) is 14.3 Å². The van der Waals surface area contributed by atoms with E-state index in [1.165, 1.54) is 5.69 Å². The molecule has 136 valence electrons. The number of amides is 1. The van der Waals surface area contributed by atoms with Crippen LogP contribution in [0.25, 0.3) is 0 Å². The van der Waals surface area contributed by atoms with E-state index in [-0.39, 0.29) is 17.4 Å². The van der Waals surface area contributed by atoms with Gasteiger partial charge in [0.15, 0.2) is 0 Å². The Morgan fingerprint density at radius 1 is 1.08 bits per heavy atom. The van der Waals surface area contributed by atoms with E-state index >= 15 is 0 Å². The molecule has 3 fully saturated rings. The van der Waals surface area contributed by atoms with Crippen LogP contribution in [0.2, 0.25) is 0 Å². The fourth-order valence-electron chi connectivity index (χ4n) is 4.47. The molecule has 0 aromatic heterocycles. The largest absolute Gasteiger partial charge is 0.379 e.